The third-order valence-electron chi connectivity index (χ3n) is 2.74. The first-order valence-electron chi connectivity index (χ1n) is 5.52. The van der Waals surface area contributed by atoms with Crippen molar-refractivity contribution in [1.29, 1.82) is 0 Å². The molecule has 0 aliphatic carbocycles. The molecule has 0 saturated carbocycles. The van der Waals surface area contributed by atoms with Crippen molar-refractivity contribution in [1.82, 2.24) is 4.90 Å². The summed E-state index contributed by atoms with van der Waals surface area (Å²) in [5, 5.41) is 0. The average molecular weight is 214 g/mol. The van der Waals surface area contributed by atoms with Gasteiger partial charge in [0.25, 0.3) is 0 Å². The van der Waals surface area contributed by atoms with Crippen LogP contribution in [0.25, 0.3) is 0 Å². The van der Waals surface area contributed by atoms with Gasteiger partial charge in [0.05, 0.1) is 0 Å². The second kappa shape index (κ2) is 4.00. The number of rotatable bonds is 1. The number of nitrogens with two attached hydrogens (primary N) is 1. The first-order valence-corrected chi connectivity index (χ1v) is 5.52. The van der Waals surface area contributed by atoms with Crippen LogP contribution in [0.2, 0.25) is 0 Å². The lowest BCUT2D eigenvalue weighted by Gasteiger charge is -2.26. The third-order valence-corrected chi connectivity index (χ3v) is 2.74. The standard InChI is InChI=1S/C11H22N2O2/c1-5-11(12)6-7-13(8-11)9(14)15-10(2,3)4/h5-8,12H2,1-4H3. The van der Waals surface area contributed by atoms with Gasteiger partial charge in [0.15, 0.2) is 0 Å². The predicted molar refractivity (Wildman–Crippen MR) is 59.6 cm³/mol. The molecule has 1 amide bonds. The Balaban J connectivity index is 2.51. The molecule has 88 valence electrons. The largest absolute Gasteiger partial charge is 0.444 e. The van der Waals surface area contributed by atoms with Crippen LogP contribution in [0.15, 0.2) is 0 Å². The van der Waals surface area contributed by atoms with Gasteiger partial charge in [-0.25, -0.2) is 4.79 Å². The molecule has 15 heavy (non-hydrogen) atoms. The summed E-state index contributed by atoms with van der Waals surface area (Å²) in [6.45, 7) is 8.99. The van der Waals surface area contributed by atoms with E-state index in [9.17, 15) is 4.79 Å². The zero-order valence-electron chi connectivity index (χ0n) is 10.2. The SMILES string of the molecule is CCC1(N)CCN(C(=O)OC(C)(C)C)C1. The van der Waals surface area contributed by atoms with Crippen molar-refractivity contribution >= 4 is 6.09 Å². The summed E-state index contributed by atoms with van der Waals surface area (Å²) in [7, 11) is 0. The maximum atomic E-state index is 11.7. The topological polar surface area (TPSA) is 55.6 Å². The lowest BCUT2D eigenvalue weighted by Crippen LogP contribution is -2.44. The molecule has 2 N–H and O–H groups in total. The van der Waals surface area contributed by atoms with E-state index in [0.29, 0.717) is 13.1 Å². The number of carbonyl (C=O) groups excluding carboxylic acids is 1. The van der Waals surface area contributed by atoms with Crippen LogP contribution in [-0.4, -0.2) is 35.2 Å². The van der Waals surface area contributed by atoms with Crippen LogP contribution < -0.4 is 5.73 Å². The summed E-state index contributed by atoms with van der Waals surface area (Å²) in [6.07, 6.45) is 1.51. The van der Waals surface area contributed by atoms with Gasteiger partial charge in [0.1, 0.15) is 5.60 Å². The van der Waals surface area contributed by atoms with Crippen molar-refractivity contribution in [3.05, 3.63) is 0 Å². The molecule has 0 spiro atoms. The minimum atomic E-state index is -0.427. The fourth-order valence-corrected chi connectivity index (χ4v) is 1.67. The number of hydrogen-bond acceptors (Lipinski definition) is 3. The molecule has 4 nitrogen and oxygen atoms in total. The Labute approximate surface area is 91.8 Å². The van der Waals surface area contributed by atoms with Gasteiger partial charge in [0.2, 0.25) is 0 Å². The fraction of sp³-hybridized carbons (Fsp3) is 0.909. The highest BCUT2D eigenvalue weighted by atomic mass is 16.6. The minimum Gasteiger partial charge on any atom is -0.444 e. The Hall–Kier alpha value is -0.770. The summed E-state index contributed by atoms with van der Waals surface area (Å²) < 4.78 is 5.29. The van der Waals surface area contributed by atoms with E-state index in [0.717, 1.165) is 12.8 Å². The maximum Gasteiger partial charge on any atom is 0.410 e. The van der Waals surface area contributed by atoms with Gasteiger partial charge in [0, 0.05) is 18.6 Å². The van der Waals surface area contributed by atoms with Crippen LogP contribution in [0.4, 0.5) is 4.79 Å². The van der Waals surface area contributed by atoms with E-state index in [4.69, 9.17) is 10.5 Å². The highest BCUT2D eigenvalue weighted by Crippen LogP contribution is 2.23. The average Bonchev–Trinajstić information content (AvgIpc) is 2.46. The van der Waals surface area contributed by atoms with Crippen molar-refractivity contribution < 1.29 is 9.53 Å². The van der Waals surface area contributed by atoms with Crippen molar-refractivity contribution in [3.63, 3.8) is 0 Å². The molecule has 1 heterocycles. The number of likely N-dealkylation sites (tertiary alicyclic amines) is 1. The summed E-state index contributed by atoms with van der Waals surface area (Å²) in [5.41, 5.74) is 5.46. The first-order chi connectivity index (χ1) is 6.76. The second-order valence-electron chi connectivity index (χ2n) is 5.37. The summed E-state index contributed by atoms with van der Waals surface area (Å²) in [5.74, 6) is 0. The van der Waals surface area contributed by atoms with Crippen LogP contribution in [0.3, 0.4) is 0 Å². The Morgan fingerprint density at radius 1 is 1.53 bits per heavy atom. The fourth-order valence-electron chi connectivity index (χ4n) is 1.67. The van der Waals surface area contributed by atoms with E-state index >= 15 is 0 Å². The van der Waals surface area contributed by atoms with E-state index in [1.807, 2.05) is 20.8 Å². The quantitative estimate of drug-likeness (QED) is 0.723. The zero-order chi connectivity index (χ0) is 11.7. The van der Waals surface area contributed by atoms with Gasteiger partial charge < -0.3 is 15.4 Å². The van der Waals surface area contributed by atoms with Gasteiger partial charge in [-0.3, -0.25) is 0 Å². The molecular weight excluding hydrogens is 192 g/mol. The molecule has 4 heteroatoms. The second-order valence-corrected chi connectivity index (χ2v) is 5.37. The monoisotopic (exact) mass is 214 g/mol. The maximum absolute atomic E-state index is 11.7. The van der Waals surface area contributed by atoms with E-state index in [1.165, 1.54) is 0 Å². The lowest BCUT2D eigenvalue weighted by atomic mass is 9.97. The molecule has 1 aliphatic heterocycles. The molecule has 1 aliphatic rings. The van der Waals surface area contributed by atoms with E-state index < -0.39 is 5.60 Å². The summed E-state index contributed by atoms with van der Waals surface area (Å²) >= 11 is 0. The zero-order valence-corrected chi connectivity index (χ0v) is 10.2. The number of carbonyl (C=O) groups is 1. The van der Waals surface area contributed by atoms with Crippen LogP contribution in [-0.2, 0) is 4.74 Å². The molecular formula is C11H22N2O2. The lowest BCUT2D eigenvalue weighted by molar-refractivity contribution is 0.0284. The summed E-state index contributed by atoms with van der Waals surface area (Å²) in [4.78, 5) is 13.4. The molecule has 0 aromatic carbocycles. The Morgan fingerprint density at radius 2 is 2.13 bits per heavy atom. The highest BCUT2D eigenvalue weighted by molar-refractivity contribution is 5.68. The normalized spacial score (nSPS) is 26.9. The molecule has 1 unspecified atom stereocenters. The Kier molecular flexibility index (Phi) is 3.28. The van der Waals surface area contributed by atoms with Crippen molar-refractivity contribution in [2.75, 3.05) is 13.1 Å². The highest BCUT2D eigenvalue weighted by Gasteiger charge is 2.36. The Morgan fingerprint density at radius 3 is 2.53 bits per heavy atom. The van der Waals surface area contributed by atoms with Crippen LogP contribution >= 0.6 is 0 Å². The minimum absolute atomic E-state index is 0.211. The molecule has 1 atom stereocenters. The third kappa shape index (κ3) is 3.38. The smallest absolute Gasteiger partial charge is 0.410 e. The molecule has 0 radical (unpaired) electrons. The Bertz CT molecular complexity index is 247. The van der Waals surface area contributed by atoms with Gasteiger partial charge in [-0.1, -0.05) is 6.92 Å². The van der Waals surface area contributed by atoms with Gasteiger partial charge >= 0.3 is 6.09 Å². The van der Waals surface area contributed by atoms with Crippen LogP contribution in [0.1, 0.15) is 40.5 Å². The van der Waals surface area contributed by atoms with E-state index in [1.54, 1.807) is 4.90 Å². The molecule has 0 aromatic heterocycles. The van der Waals surface area contributed by atoms with Crippen LogP contribution in [0, 0.1) is 0 Å². The van der Waals surface area contributed by atoms with Crippen LogP contribution in [0.5, 0.6) is 0 Å². The predicted octanol–water partition coefficient (Wildman–Crippen LogP) is 1.73. The van der Waals surface area contributed by atoms with Gasteiger partial charge in [-0.15, -0.1) is 0 Å². The molecule has 1 rings (SSSR count). The van der Waals surface area contributed by atoms with Crippen molar-refractivity contribution in [2.24, 2.45) is 5.73 Å². The molecule has 1 fully saturated rings. The van der Waals surface area contributed by atoms with E-state index in [2.05, 4.69) is 6.92 Å². The van der Waals surface area contributed by atoms with Crippen molar-refractivity contribution in [3.8, 4) is 0 Å². The number of ether oxygens (including phenoxy) is 1. The number of amides is 1. The van der Waals surface area contributed by atoms with E-state index in [-0.39, 0.29) is 11.6 Å². The van der Waals surface area contributed by atoms with Gasteiger partial charge in [-0.2, -0.15) is 0 Å². The molecule has 0 aromatic rings. The first kappa shape index (κ1) is 12.3. The number of hydrogen-bond donors (Lipinski definition) is 1. The van der Waals surface area contributed by atoms with Crippen molar-refractivity contribution in [2.45, 2.75) is 51.7 Å². The van der Waals surface area contributed by atoms with Gasteiger partial charge in [-0.05, 0) is 33.6 Å². The number of nitrogens with zero attached hydrogens (tertiary/aromatic N) is 1. The molecule has 0 bridgehead atoms. The molecule has 1 saturated heterocycles. The summed E-state index contributed by atoms with van der Waals surface area (Å²) in [6, 6.07) is 0.